The van der Waals surface area contributed by atoms with Crippen LogP contribution in [0.1, 0.15) is 98.8 Å². The number of carboxylic acid groups (broad SMARTS) is 1. The number of anilines is 2. The van der Waals surface area contributed by atoms with Crippen molar-refractivity contribution in [2.24, 2.45) is 0 Å². The van der Waals surface area contributed by atoms with E-state index >= 15 is 0 Å². The molecule has 0 radical (unpaired) electrons. The lowest BCUT2D eigenvalue weighted by Crippen LogP contribution is -2.44. The fourth-order valence-electron chi connectivity index (χ4n) is 9.75. The number of imide groups is 2. The summed E-state index contributed by atoms with van der Waals surface area (Å²) in [5, 5.41) is 22.5. The Kier molecular flexibility index (Phi) is 16.4. The van der Waals surface area contributed by atoms with Gasteiger partial charge in [-0.05, 0) is 104 Å². The lowest BCUT2D eigenvalue weighted by atomic mass is 9.94. The van der Waals surface area contributed by atoms with Crippen molar-refractivity contribution in [3.05, 3.63) is 119 Å². The Balaban J connectivity index is 0.000000193. The number of ether oxygens (including phenoxy) is 2. The Labute approximate surface area is 411 Å². The van der Waals surface area contributed by atoms with Gasteiger partial charge in [-0.2, -0.15) is 0 Å². The first-order valence-electron chi connectivity index (χ1n) is 22.7. The van der Waals surface area contributed by atoms with E-state index in [-0.39, 0.29) is 51.8 Å². The molecular weight excluding hydrogens is 917 g/mol. The maximum absolute atomic E-state index is 13.4. The molecule has 6 heterocycles. The first-order chi connectivity index (χ1) is 33.3. The number of rotatable bonds is 8. The second kappa shape index (κ2) is 22.2. The normalized spacial score (nSPS) is 22.1. The van der Waals surface area contributed by atoms with E-state index in [2.05, 4.69) is 42.6 Å². The van der Waals surface area contributed by atoms with Gasteiger partial charge in [-0.1, -0.05) is 39.1 Å². The van der Waals surface area contributed by atoms with Gasteiger partial charge >= 0.3 is 30.2 Å². The molecule has 4 saturated heterocycles. The number of hydrogen-bond donors (Lipinski definition) is 6. The predicted molar refractivity (Wildman–Crippen MR) is 259 cm³/mol. The molecule has 0 saturated carbocycles. The van der Waals surface area contributed by atoms with Crippen LogP contribution in [-0.2, 0) is 52.7 Å². The number of amides is 9. The smallest absolute Gasteiger partial charge is 0.418 e. The first kappa shape index (κ1) is 52.4. The molecule has 10 rings (SSSR count). The number of nitrogens with zero attached hydrogens (tertiary/aromatic N) is 5. The van der Waals surface area contributed by atoms with E-state index in [1.807, 2.05) is 30.6 Å². The molecule has 4 atom stereocenters. The number of nitrogens with one attached hydrogen (secondary N) is 5. The van der Waals surface area contributed by atoms with Crippen LogP contribution in [0.25, 0.3) is 0 Å². The monoisotopic (exact) mass is 976 g/mol. The Hall–Kier alpha value is -7.94. The number of carboxylic acids is 1. The van der Waals surface area contributed by atoms with Crippen LogP contribution in [0.15, 0.2) is 85.5 Å². The summed E-state index contributed by atoms with van der Waals surface area (Å²) >= 11 is 0. The molecule has 6 N–H and O–H groups in total. The van der Waals surface area contributed by atoms with Crippen molar-refractivity contribution < 1.29 is 52.9 Å². The predicted octanol–water partition coefficient (Wildman–Crippen LogP) is 5.74. The number of aliphatic carboxylic acids is 1. The number of carbonyl (C=O) groups excluding carboxylic acids is 7. The molecule has 71 heavy (non-hydrogen) atoms. The van der Waals surface area contributed by atoms with Gasteiger partial charge in [0.05, 0.1) is 6.04 Å². The number of likely N-dealkylation sites (tertiary alicyclic amines) is 1. The van der Waals surface area contributed by atoms with Crippen LogP contribution in [0.5, 0.6) is 0 Å². The average Bonchev–Trinajstić information content (AvgIpc) is 4.24. The molecule has 2 unspecified atom stereocenters. The van der Waals surface area contributed by atoms with Crippen molar-refractivity contribution in [1.82, 2.24) is 40.6 Å². The third-order valence-corrected chi connectivity index (χ3v) is 13.1. The molecule has 2 aromatic heterocycles. The number of pyridine rings is 2. The summed E-state index contributed by atoms with van der Waals surface area (Å²) in [6, 6.07) is 17.7. The van der Waals surface area contributed by atoms with Crippen LogP contribution in [-0.4, -0.2) is 118 Å². The van der Waals surface area contributed by atoms with E-state index in [1.54, 1.807) is 53.7 Å². The third kappa shape index (κ3) is 10.6. The van der Waals surface area contributed by atoms with Crippen molar-refractivity contribution in [2.45, 2.75) is 89.5 Å². The molecule has 2 aliphatic carbocycles. The largest absolute Gasteiger partial charge is 0.480 e. The summed E-state index contributed by atoms with van der Waals surface area (Å²) in [4.78, 5) is 109. The van der Waals surface area contributed by atoms with E-state index < -0.39 is 47.7 Å². The van der Waals surface area contributed by atoms with Gasteiger partial charge in [0.1, 0.15) is 13.1 Å². The number of fused-ring (bicyclic) bond motifs is 4. The minimum atomic E-state index is -1.46. The number of hydrogen-bond acceptors (Lipinski definition) is 13. The maximum atomic E-state index is 13.4. The lowest BCUT2D eigenvalue weighted by molar-refractivity contribution is -0.144. The van der Waals surface area contributed by atoms with E-state index in [9.17, 15) is 38.4 Å². The van der Waals surface area contributed by atoms with Crippen LogP contribution >= 0.6 is 0 Å². The number of benzene rings is 2. The molecule has 6 aliphatic rings. The van der Waals surface area contributed by atoms with Gasteiger partial charge in [-0.15, -0.1) is 0 Å². The topological polar surface area (TPSA) is 271 Å². The number of carbonyl (C=O) groups is 8. The Bertz CT molecular complexity index is 2670. The summed E-state index contributed by atoms with van der Waals surface area (Å²) in [5.74, 6) is -2.77. The summed E-state index contributed by atoms with van der Waals surface area (Å²) in [6.07, 6.45) is 11.1. The van der Waals surface area contributed by atoms with Crippen LogP contribution in [0.4, 0.5) is 30.6 Å². The highest BCUT2D eigenvalue weighted by molar-refractivity contribution is 6.07. The zero-order valence-electron chi connectivity index (χ0n) is 38.0. The zero-order valence-corrected chi connectivity index (χ0v) is 38.0. The van der Waals surface area contributed by atoms with E-state index in [4.69, 9.17) is 14.6 Å². The first-order valence-corrected chi connectivity index (χ1v) is 22.7. The molecule has 4 aromatic rings. The van der Waals surface area contributed by atoms with Gasteiger partial charge < -0.3 is 46.1 Å². The van der Waals surface area contributed by atoms with Gasteiger partial charge in [-0.3, -0.25) is 29.1 Å². The average molecular weight is 977 g/mol. The number of aryl methyl sites for hydroxylation is 2. The summed E-state index contributed by atoms with van der Waals surface area (Å²) in [5.41, 5.74) is 3.20. The summed E-state index contributed by atoms with van der Waals surface area (Å²) in [6.45, 7) is 0.622. The van der Waals surface area contributed by atoms with Crippen molar-refractivity contribution in [3.63, 3.8) is 0 Å². The molecule has 0 bridgehead atoms. The zero-order chi connectivity index (χ0) is 48.9. The van der Waals surface area contributed by atoms with Gasteiger partial charge in [-0.25, -0.2) is 29.0 Å². The molecule has 21 nitrogen and oxygen atoms in total. The van der Waals surface area contributed by atoms with Crippen molar-refractivity contribution in [1.29, 1.82) is 0 Å². The van der Waals surface area contributed by atoms with Crippen LogP contribution in [0.3, 0.4) is 0 Å². The Morgan fingerprint density at radius 1 is 0.718 bits per heavy atom. The molecular formula is C50H60N10O11. The third-order valence-electron chi connectivity index (χ3n) is 13.1. The van der Waals surface area contributed by atoms with Crippen LogP contribution in [0.2, 0.25) is 0 Å². The van der Waals surface area contributed by atoms with Crippen LogP contribution < -0.4 is 26.6 Å². The van der Waals surface area contributed by atoms with Gasteiger partial charge in [0, 0.05) is 86.8 Å². The summed E-state index contributed by atoms with van der Waals surface area (Å²) in [7, 11) is 3.01. The Morgan fingerprint density at radius 2 is 1.24 bits per heavy atom. The van der Waals surface area contributed by atoms with Gasteiger partial charge in [0.15, 0.2) is 0 Å². The standard InChI is InChI=1S/C24H25N5O5.C15H15N3O6.C9H12N2.2CH4/c1-25-22(32)27-17-6-7-18-15(12-17)8-9-24(18)21(31)29(23(33)34-24)14-20(30)28-11-3-5-19(28)16-4-2-10-26-13-16;1-16-13(22)17-9-2-3-10-8(6-9)4-5-15(10)12(21)18(7-11(19)20)14(23)24-15;1-3-8(7-10-5-1)9-4-2-6-11-9;;/h2,4,6-7,10,12-13,19H,3,5,8-9,11,14H2,1H3,(H2,25,27,32);2-3,6H,4-5,7H2,1H3,(H,19,20)(H2,16,17,22);1,3,5,7,9,11H,2,4,6H2;2*1H4/t19?,24-;15-;;;/m11.../s1. The van der Waals surface area contributed by atoms with E-state index in [1.165, 1.54) is 32.5 Å². The fourth-order valence-corrected chi connectivity index (χ4v) is 9.75. The highest BCUT2D eigenvalue weighted by Crippen LogP contribution is 2.47. The minimum absolute atomic E-state index is 0. The molecule has 9 amide bonds. The maximum Gasteiger partial charge on any atom is 0.418 e. The Morgan fingerprint density at radius 3 is 1.70 bits per heavy atom. The molecule has 376 valence electrons. The fraction of sp³-hybridized carbons (Fsp3) is 0.400. The summed E-state index contributed by atoms with van der Waals surface area (Å²) < 4.78 is 10.9. The molecule has 4 aliphatic heterocycles. The second-order valence-electron chi connectivity index (χ2n) is 17.2. The van der Waals surface area contributed by atoms with Gasteiger partial charge in [0.2, 0.25) is 17.1 Å². The van der Waals surface area contributed by atoms with Crippen molar-refractivity contribution in [2.75, 3.05) is 50.9 Å². The van der Waals surface area contributed by atoms with E-state index in [0.29, 0.717) is 59.3 Å². The van der Waals surface area contributed by atoms with Crippen LogP contribution in [0, 0.1) is 0 Å². The van der Waals surface area contributed by atoms with Gasteiger partial charge in [0.25, 0.3) is 11.8 Å². The lowest BCUT2D eigenvalue weighted by Gasteiger charge is -2.26. The quantitative estimate of drug-likeness (QED) is 0.123. The highest BCUT2D eigenvalue weighted by Gasteiger charge is 2.60. The van der Waals surface area contributed by atoms with Crippen molar-refractivity contribution >= 4 is 59.3 Å². The molecule has 2 spiro atoms. The SMILES string of the molecule is C.C.CNC(=O)Nc1ccc2c(c1)CC[C@@]21OC(=O)N(CC(=O)N2CCCC2c2cccnc2)C1=O.CNC(=O)Nc1ccc2c(c1)CC[C@@]21OC(=O)N(CC(=O)O)C1=O.c1cncc(C2CCCN2)c1. The molecule has 21 heteroatoms. The highest BCUT2D eigenvalue weighted by atomic mass is 16.6. The number of urea groups is 2. The molecule has 4 fully saturated rings. The molecule has 2 aromatic carbocycles. The number of aromatic nitrogens is 2. The van der Waals surface area contributed by atoms with Crippen molar-refractivity contribution in [3.8, 4) is 0 Å². The second-order valence-corrected chi connectivity index (χ2v) is 17.2. The minimum Gasteiger partial charge on any atom is -0.480 e. The van der Waals surface area contributed by atoms with E-state index in [0.717, 1.165) is 41.0 Å².